The normalized spacial score (nSPS) is 8.73. The summed E-state index contributed by atoms with van der Waals surface area (Å²) >= 11 is 0. The average molecular weight is 211 g/mol. The highest BCUT2D eigenvalue weighted by molar-refractivity contribution is 5.48. The van der Waals surface area contributed by atoms with E-state index < -0.39 is 0 Å². The SMILES string of the molecule is COc1nc(OC)c(C#[N+][O-])c(OC)n1. The Bertz CT molecular complexity index is 385. The first-order valence-corrected chi connectivity index (χ1v) is 3.89. The number of aromatic nitrogens is 2. The van der Waals surface area contributed by atoms with Gasteiger partial charge < -0.3 is 19.4 Å². The van der Waals surface area contributed by atoms with Crippen molar-refractivity contribution >= 4 is 0 Å². The fourth-order valence-electron chi connectivity index (χ4n) is 0.930. The lowest BCUT2D eigenvalue weighted by Crippen LogP contribution is -2.02. The van der Waals surface area contributed by atoms with E-state index in [1.807, 2.05) is 0 Å². The van der Waals surface area contributed by atoms with E-state index in [1.165, 1.54) is 21.3 Å². The van der Waals surface area contributed by atoms with Crippen LogP contribution in [-0.2, 0) is 0 Å². The van der Waals surface area contributed by atoms with Gasteiger partial charge in [-0.3, -0.25) is 0 Å². The van der Waals surface area contributed by atoms with Gasteiger partial charge in [-0.2, -0.15) is 9.97 Å². The highest BCUT2D eigenvalue weighted by Crippen LogP contribution is 2.26. The summed E-state index contributed by atoms with van der Waals surface area (Å²) in [5, 5.41) is 12.6. The van der Waals surface area contributed by atoms with Crippen LogP contribution in [0.4, 0.5) is 0 Å². The minimum atomic E-state index is 0.0696. The molecule has 0 bridgehead atoms. The minimum Gasteiger partial charge on any atom is -0.498 e. The van der Waals surface area contributed by atoms with Crippen molar-refractivity contribution in [2.24, 2.45) is 0 Å². The molecule has 0 aliphatic carbocycles. The maximum absolute atomic E-state index is 10.1. The van der Waals surface area contributed by atoms with Gasteiger partial charge >= 0.3 is 12.1 Å². The van der Waals surface area contributed by atoms with Gasteiger partial charge in [0.15, 0.2) is 0 Å². The molecule has 1 aromatic rings. The Morgan fingerprint density at radius 2 is 1.60 bits per heavy atom. The van der Waals surface area contributed by atoms with Crippen molar-refractivity contribution in [1.82, 2.24) is 9.97 Å². The number of ether oxygens (including phenoxy) is 3. The number of hydrogen-bond acceptors (Lipinski definition) is 6. The van der Waals surface area contributed by atoms with Crippen molar-refractivity contribution in [3.8, 4) is 23.8 Å². The van der Waals surface area contributed by atoms with Crippen LogP contribution < -0.4 is 14.2 Å². The molecular formula is C8H9N3O4. The van der Waals surface area contributed by atoms with Gasteiger partial charge in [0.1, 0.15) is 0 Å². The van der Waals surface area contributed by atoms with E-state index in [9.17, 15) is 5.21 Å². The molecule has 0 N–H and O–H groups in total. The van der Waals surface area contributed by atoms with E-state index >= 15 is 0 Å². The third-order valence-corrected chi connectivity index (χ3v) is 1.55. The second kappa shape index (κ2) is 4.85. The van der Waals surface area contributed by atoms with Crippen molar-refractivity contribution < 1.29 is 14.2 Å². The van der Waals surface area contributed by atoms with E-state index in [2.05, 4.69) is 21.0 Å². The molecule has 7 heteroatoms. The lowest BCUT2D eigenvalue weighted by molar-refractivity contribution is 0.328. The molecular weight excluding hydrogens is 202 g/mol. The summed E-state index contributed by atoms with van der Waals surface area (Å²) in [7, 11) is 4.17. The van der Waals surface area contributed by atoms with Crippen LogP contribution in [0.25, 0.3) is 5.01 Å². The van der Waals surface area contributed by atoms with Crippen LogP contribution in [0.2, 0.25) is 0 Å². The topological polar surface area (TPSA) is 80.9 Å². The second-order valence-electron chi connectivity index (χ2n) is 2.31. The smallest absolute Gasteiger partial charge is 0.348 e. The van der Waals surface area contributed by atoms with Crippen LogP contribution in [0.3, 0.4) is 0 Å². The molecule has 0 aliphatic rings. The highest BCUT2D eigenvalue weighted by atomic mass is 16.5. The van der Waals surface area contributed by atoms with Crippen LogP contribution in [0, 0.1) is 11.3 Å². The Hall–Kier alpha value is -2.23. The molecule has 1 aromatic heterocycles. The monoisotopic (exact) mass is 211 g/mol. The molecule has 0 radical (unpaired) electrons. The number of nitrogens with zero attached hydrogens (tertiary/aromatic N) is 3. The quantitative estimate of drug-likeness (QED) is 0.684. The molecule has 0 amide bonds. The van der Waals surface area contributed by atoms with Gasteiger partial charge in [0, 0.05) is 5.01 Å². The van der Waals surface area contributed by atoms with Gasteiger partial charge in [0.2, 0.25) is 17.3 Å². The Balaban J connectivity index is 3.36. The molecule has 15 heavy (non-hydrogen) atoms. The van der Waals surface area contributed by atoms with Crippen LogP contribution in [0.1, 0.15) is 5.56 Å². The van der Waals surface area contributed by atoms with Crippen molar-refractivity contribution in [1.29, 1.82) is 0 Å². The summed E-state index contributed by atoms with van der Waals surface area (Å²) in [6, 6.07) is 2.21. The highest BCUT2D eigenvalue weighted by Gasteiger charge is 2.19. The van der Waals surface area contributed by atoms with Crippen molar-refractivity contribution in [2.75, 3.05) is 21.3 Å². The predicted octanol–water partition coefficient (Wildman–Crippen LogP) is 0.681. The zero-order chi connectivity index (χ0) is 11.3. The summed E-state index contributed by atoms with van der Waals surface area (Å²) in [5.74, 6) is 0.219. The molecule has 1 rings (SSSR count). The van der Waals surface area contributed by atoms with Gasteiger partial charge in [0.05, 0.1) is 21.3 Å². The standard InChI is InChI=1S/C8H9N3O4/c1-13-6-5(4-9-12)7(14-2)11-8(10-6)15-3/h1-3H3. The molecule has 0 saturated carbocycles. The number of methoxy groups -OCH3 is 3. The van der Waals surface area contributed by atoms with Crippen molar-refractivity contribution in [3.05, 3.63) is 15.8 Å². The molecule has 0 unspecified atom stereocenters. The van der Waals surface area contributed by atoms with Crippen LogP contribution in [0.5, 0.6) is 17.8 Å². The lowest BCUT2D eigenvalue weighted by Gasteiger charge is -2.05. The molecule has 0 aromatic carbocycles. The summed E-state index contributed by atoms with van der Waals surface area (Å²) in [5.41, 5.74) is 0.149. The zero-order valence-corrected chi connectivity index (χ0v) is 8.47. The van der Waals surface area contributed by atoms with E-state index in [0.29, 0.717) is 0 Å². The summed E-state index contributed by atoms with van der Waals surface area (Å²) in [4.78, 5) is 7.68. The van der Waals surface area contributed by atoms with Gasteiger partial charge in [-0.05, 0) is 0 Å². The molecule has 0 fully saturated rings. The second-order valence-corrected chi connectivity index (χ2v) is 2.31. The molecule has 0 aliphatic heterocycles. The minimum absolute atomic E-state index is 0.0696. The van der Waals surface area contributed by atoms with E-state index in [4.69, 9.17) is 14.2 Å². The van der Waals surface area contributed by atoms with Gasteiger partial charge in [0.25, 0.3) is 0 Å². The fourth-order valence-corrected chi connectivity index (χ4v) is 0.930. The third-order valence-electron chi connectivity index (χ3n) is 1.55. The predicted molar refractivity (Wildman–Crippen MR) is 51.4 cm³/mol. The lowest BCUT2D eigenvalue weighted by atomic mass is 10.3. The summed E-state index contributed by atoms with van der Waals surface area (Å²) in [6.07, 6.45) is 0. The van der Waals surface area contributed by atoms with Crippen LogP contribution >= 0.6 is 0 Å². The van der Waals surface area contributed by atoms with E-state index in [1.54, 1.807) is 0 Å². The molecule has 1 heterocycles. The Kier molecular flexibility index (Phi) is 3.51. The van der Waals surface area contributed by atoms with Gasteiger partial charge in [-0.15, -0.1) is 0 Å². The average Bonchev–Trinajstić information content (AvgIpc) is 2.29. The molecule has 80 valence electrons. The maximum atomic E-state index is 10.1. The molecule has 0 atom stereocenters. The largest absolute Gasteiger partial charge is 0.498 e. The third kappa shape index (κ3) is 2.17. The van der Waals surface area contributed by atoms with Gasteiger partial charge in [-0.25, -0.2) is 0 Å². The number of rotatable bonds is 3. The first kappa shape index (κ1) is 10.8. The van der Waals surface area contributed by atoms with E-state index in [-0.39, 0.29) is 23.3 Å². The molecule has 7 nitrogen and oxygen atoms in total. The van der Waals surface area contributed by atoms with Crippen molar-refractivity contribution in [3.63, 3.8) is 0 Å². The van der Waals surface area contributed by atoms with Crippen LogP contribution in [0.15, 0.2) is 0 Å². The van der Waals surface area contributed by atoms with E-state index in [0.717, 1.165) is 0 Å². The van der Waals surface area contributed by atoms with Crippen LogP contribution in [-0.4, -0.2) is 31.3 Å². The molecule has 0 spiro atoms. The first-order valence-electron chi connectivity index (χ1n) is 3.89. The fraction of sp³-hybridized carbons (Fsp3) is 0.375. The number of hydrogen-bond donors (Lipinski definition) is 0. The Morgan fingerprint density at radius 1 is 1.07 bits per heavy atom. The Morgan fingerprint density at radius 3 is 1.93 bits per heavy atom. The zero-order valence-electron chi connectivity index (χ0n) is 8.47. The maximum Gasteiger partial charge on any atom is 0.348 e. The van der Waals surface area contributed by atoms with Crippen molar-refractivity contribution in [2.45, 2.75) is 0 Å². The Labute approximate surface area is 86.0 Å². The molecule has 0 saturated heterocycles. The summed E-state index contributed by atoms with van der Waals surface area (Å²) < 4.78 is 14.6. The summed E-state index contributed by atoms with van der Waals surface area (Å²) in [6.45, 7) is 0. The first-order chi connectivity index (χ1) is 7.26. The van der Waals surface area contributed by atoms with Gasteiger partial charge in [-0.1, -0.05) is 0 Å².